The molecule has 0 aliphatic rings. The van der Waals surface area contributed by atoms with E-state index in [2.05, 4.69) is 15.4 Å². The highest BCUT2D eigenvalue weighted by Crippen LogP contribution is 2.21. The molecule has 0 unspecified atom stereocenters. The lowest BCUT2D eigenvalue weighted by molar-refractivity contribution is -0.136. The Balaban J connectivity index is 1.74. The van der Waals surface area contributed by atoms with Gasteiger partial charge in [0.05, 0.1) is 4.90 Å². The maximum Gasteiger partial charge on any atom is 0.303 e. The average Bonchev–Trinajstić information content (AvgIpc) is 2.77. The Morgan fingerprint density at radius 2 is 1.53 bits per heavy atom. The number of anilines is 3. The van der Waals surface area contributed by atoms with Gasteiger partial charge in [-0.05, 0) is 60.5 Å². The zero-order chi connectivity index (χ0) is 24.7. The number of guanidine groups is 1. The predicted molar refractivity (Wildman–Crippen MR) is 130 cm³/mol. The molecule has 0 bridgehead atoms. The van der Waals surface area contributed by atoms with Gasteiger partial charge >= 0.3 is 5.97 Å². The molecule has 0 saturated heterocycles. The van der Waals surface area contributed by atoms with Gasteiger partial charge in [0.15, 0.2) is 5.96 Å². The molecule has 176 valence electrons. The van der Waals surface area contributed by atoms with Crippen LogP contribution in [0.15, 0.2) is 77.7 Å². The molecule has 34 heavy (non-hydrogen) atoms. The summed E-state index contributed by atoms with van der Waals surface area (Å²) in [5, 5.41) is 21.4. The summed E-state index contributed by atoms with van der Waals surface area (Å²) in [6.07, 6.45) is 0.210. The fourth-order valence-corrected chi connectivity index (χ4v) is 4.19. The van der Waals surface area contributed by atoms with E-state index in [-0.39, 0.29) is 34.9 Å². The van der Waals surface area contributed by atoms with Gasteiger partial charge < -0.3 is 21.5 Å². The molecule has 0 fully saturated rings. The third kappa shape index (κ3) is 6.81. The number of hydrogen-bond acceptors (Lipinski definition) is 5. The fourth-order valence-electron chi connectivity index (χ4n) is 3.09. The SMILES string of the molecule is N=C(N)Nc1cccc(C(=O)Nc2cccc(S(=O)(=O)Nc3cccc(CCC(=O)O)c3)c2)c1. The third-order valence-corrected chi connectivity index (χ3v) is 5.99. The molecular weight excluding hydrogens is 458 g/mol. The number of hydrogen-bond donors (Lipinski definition) is 6. The van der Waals surface area contributed by atoms with Crippen molar-refractivity contribution in [2.45, 2.75) is 17.7 Å². The molecule has 11 heteroatoms. The highest BCUT2D eigenvalue weighted by molar-refractivity contribution is 7.92. The van der Waals surface area contributed by atoms with Gasteiger partial charge in [0.2, 0.25) is 0 Å². The maximum absolute atomic E-state index is 12.9. The van der Waals surface area contributed by atoms with E-state index < -0.39 is 21.9 Å². The number of benzene rings is 3. The molecule has 1 amide bonds. The average molecular weight is 482 g/mol. The molecule has 3 aromatic rings. The summed E-state index contributed by atoms with van der Waals surface area (Å²) >= 11 is 0. The van der Waals surface area contributed by atoms with Gasteiger partial charge in [0.1, 0.15) is 0 Å². The number of carboxylic acids is 1. The minimum Gasteiger partial charge on any atom is -0.481 e. The van der Waals surface area contributed by atoms with E-state index >= 15 is 0 Å². The Morgan fingerprint density at radius 3 is 2.24 bits per heavy atom. The van der Waals surface area contributed by atoms with Gasteiger partial charge in [-0.2, -0.15) is 0 Å². The highest BCUT2D eigenvalue weighted by atomic mass is 32.2. The molecule has 0 aliphatic carbocycles. The summed E-state index contributed by atoms with van der Waals surface area (Å²) in [5.41, 5.74) is 7.31. The number of carboxylic acid groups (broad SMARTS) is 1. The van der Waals surface area contributed by atoms with Crippen LogP contribution in [0.4, 0.5) is 17.1 Å². The molecule has 0 saturated carbocycles. The van der Waals surface area contributed by atoms with E-state index in [9.17, 15) is 18.0 Å². The Bertz CT molecular complexity index is 1340. The highest BCUT2D eigenvalue weighted by Gasteiger charge is 2.16. The number of nitrogens with one attached hydrogen (secondary N) is 4. The van der Waals surface area contributed by atoms with Crippen LogP contribution in [-0.4, -0.2) is 31.4 Å². The van der Waals surface area contributed by atoms with Gasteiger partial charge in [0.25, 0.3) is 15.9 Å². The van der Waals surface area contributed by atoms with Crippen molar-refractivity contribution in [2.24, 2.45) is 5.73 Å². The number of rotatable bonds is 9. The predicted octanol–water partition coefficient (Wildman–Crippen LogP) is 3.06. The molecular formula is C23H23N5O5S. The second-order valence-corrected chi connectivity index (χ2v) is 8.98. The van der Waals surface area contributed by atoms with Gasteiger partial charge in [-0.25, -0.2) is 8.42 Å². The number of amides is 1. The van der Waals surface area contributed by atoms with Crippen molar-refractivity contribution in [2.75, 3.05) is 15.4 Å². The van der Waals surface area contributed by atoms with Crippen LogP contribution in [0.1, 0.15) is 22.3 Å². The molecule has 0 radical (unpaired) electrons. The Morgan fingerprint density at radius 1 is 0.882 bits per heavy atom. The largest absolute Gasteiger partial charge is 0.481 e. The monoisotopic (exact) mass is 481 g/mol. The number of sulfonamides is 1. The first-order chi connectivity index (χ1) is 16.1. The van der Waals surface area contributed by atoms with Crippen molar-refractivity contribution >= 4 is 44.9 Å². The lowest BCUT2D eigenvalue weighted by atomic mass is 10.1. The van der Waals surface area contributed by atoms with Crippen molar-refractivity contribution in [3.63, 3.8) is 0 Å². The number of carbonyl (C=O) groups excluding carboxylic acids is 1. The van der Waals surface area contributed by atoms with E-state index in [0.29, 0.717) is 16.9 Å². The summed E-state index contributed by atoms with van der Waals surface area (Å²) in [5.74, 6) is -1.68. The van der Waals surface area contributed by atoms with Crippen LogP contribution in [0.25, 0.3) is 0 Å². The first-order valence-electron chi connectivity index (χ1n) is 10.1. The summed E-state index contributed by atoms with van der Waals surface area (Å²) < 4.78 is 28.2. The zero-order valence-electron chi connectivity index (χ0n) is 17.9. The molecule has 10 nitrogen and oxygen atoms in total. The standard InChI is InChI=1S/C23H23N5O5S/c24-23(25)27-17-6-2-5-16(13-17)22(31)26-18-7-3-9-20(14-18)34(32,33)28-19-8-1-4-15(12-19)10-11-21(29)30/h1-9,12-14,28H,10-11H2,(H,26,31)(H,29,30)(H4,24,25,27). The Hall–Kier alpha value is -4.38. The van der Waals surface area contributed by atoms with E-state index in [0.717, 1.165) is 0 Å². The van der Waals surface area contributed by atoms with Crippen LogP contribution in [0, 0.1) is 5.41 Å². The molecule has 0 heterocycles. The van der Waals surface area contributed by atoms with Gasteiger partial charge in [-0.1, -0.05) is 24.3 Å². The van der Waals surface area contributed by atoms with E-state index in [4.69, 9.17) is 16.2 Å². The van der Waals surface area contributed by atoms with Crippen LogP contribution in [0.5, 0.6) is 0 Å². The van der Waals surface area contributed by atoms with Crippen molar-refractivity contribution in [3.05, 3.63) is 83.9 Å². The second-order valence-electron chi connectivity index (χ2n) is 7.30. The Kier molecular flexibility index (Phi) is 7.49. The van der Waals surface area contributed by atoms with Crippen LogP contribution < -0.4 is 21.1 Å². The third-order valence-electron chi connectivity index (χ3n) is 4.61. The molecule has 7 N–H and O–H groups in total. The molecule has 0 aliphatic heterocycles. The van der Waals surface area contributed by atoms with E-state index in [1.165, 1.54) is 24.3 Å². The van der Waals surface area contributed by atoms with Crippen molar-refractivity contribution in [1.29, 1.82) is 5.41 Å². The topological polar surface area (TPSA) is 174 Å². The number of carbonyl (C=O) groups is 2. The number of aryl methyl sites for hydroxylation is 1. The Labute approximate surface area is 196 Å². The molecule has 0 spiro atoms. The lowest BCUT2D eigenvalue weighted by Gasteiger charge is -2.12. The van der Waals surface area contributed by atoms with Gasteiger partial charge in [-0.15, -0.1) is 0 Å². The van der Waals surface area contributed by atoms with Crippen LogP contribution in [-0.2, 0) is 21.2 Å². The van der Waals surface area contributed by atoms with E-state index in [1.54, 1.807) is 48.5 Å². The van der Waals surface area contributed by atoms with Crippen LogP contribution in [0.3, 0.4) is 0 Å². The van der Waals surface area contributed by atoms with Gasteiger partial charge in [-0.3, -0.25) is 19.7 Å². The lowest BCUT2D eigenvalue weighted by Crippen LogP contribution is -2.21. The van der Waals surface area contributed by atoms with Crippen LogP contribution >= 0.6 is 0 Å². The molecule has 3 rings (SSSR count). The number of aliphatic carboxylic acids is 1. The summed E-state index contributed by atoms with van der Waals surface area (Å²) in [6.45, 7) is 0. The van der Waals surface area contributed by atoms with Crippen molar-refractivity contribution < 1.29 is 23.1 Å². The quantitative estimate of drug-likeness (QED) is 0.201. The maximum atomic E-state index is 12.9. The minimum absolute atomic E-state index is 0.0618. The summed E-state index contributed by atoms with van der Waals surface area (Å²) in [6, 6.07) is 18.6. The first-order valence-corrected chi connectivity index (χ1v) is 11.6. The molecule has 3 aromatic carbocycles. The first kappa shape index (κ1) is 24.3. The number of nitrogens with two attached hydrogens (primary N) is 1. The fraction of sp³-hybridized carbons (Fsp3) is 0.0870. The summed E-state index contributed by atoms with van der Waals surface area (Å²) in [4.78, 5) is 23.3. The van der Waals surface area contributed by atoms with Gasteiger partial charge in [0, 0.05) is 29.0 Å². The zero-order valence-corrected chi connectivity index (χ0v) is 18.7. The molecule has 0 aromatic heterocycles. The summed E-state index contributed by atoms with van der Waals surface area (Å²) in [7, 11) is -3.97. The van der Waals surface area contributed by atoms with E-state index in [1.807, 2.05) is 0 Å². The van der Waals surface area contributed by atoms with Crippen molar-refractivity contribution in [1.82, 2.24) is 0 Å². The molecule has 0 atom stereocenters. The van der Waals surface area contributed by atoms with Crippen LogP contribution in [0.2, 0.25) is 0 Å². The second kappa shape index (κ2) is 10.5. The normalized spacial score (nSPS) is 10.8. The smallest absolute Gasteiger partial charge is 0.303 e. The minimum atomic E-state index is -3.97. The van der Waals surface area contributed by atoms with Crippen molar-refractivity contribution in [3.8, 4) is 0 Å².